The van der Waals surface area contributed by atoms with Crippen molar-refractivity contribution in [1.82, 2.24) is 4.90 Å². The average Bonchev–Trinajstić information content (AvgIpc) is 1.61. The van der Waals surface area contributed by atoms with Gasteiger partial charge >= 0.3 is 0 Å². The summed E-state index contributed by atoms with van der Waals surface area (Å²) >= 11 is 0. The van der Waals surface area contributed by atoms with Crippen LogP contribution < -0.4 is 0 Å². The first-order chi connectivity index (χ1) is 3.63. The van der Waals surface area contributed by atoms with Gasteiger partial charge in [-0.15, -0.1) is 0 Å². The summed E-state index contributed by atoms with van der Waals surface area (Å²) in [6.07, 6.45) is 1.25. The van der Waals surface area contributed by atoms with Gasteiger partial charge in [0.05, 0.1) is 9.52 Å². The summed E-state index contributed by atoms with van der Waals surface area (Å²) in [5.41, 5.74) is 0.873. The minimum absolute atomic E-state index is 0.873. The molecule has 8 heavy (non-hydrogen) atoms. The highest BCUT2D eigenvalue weighted by Gasteiger charge is 1.94. The second-order valence-corrected chi connectivity index (χ2v) is 4.48. The fraction of sp³-hybridized carbons (Fsp3) is 1.00. The normalized spacial score (nSPS) is 11.2. The van der Waals surface area contributed by atoms with Crippen LogP contribution in [0.4, 0.5) is 0 Å². The third-order valence-electron chi connectivity index (χ3n) is 0.816. The Bertz CT molecular complexity index is 44.5. The molecule has 0 N–H and O–H groups in total. The predicted octanol–water partition coefficient (Wildman–Crippen LogP) is 1.04. The largest absolute Gasteiger partial charge is 0.313 e. The molecule has 2 heteroatoms. The topological polar surface area (TPSA) is 3.24 Å². The summed E-state index contributed by atoms with van der Waals surface area (Å²) in [5.74, 6) is 0. The van der Waals surface area contributed by atoms with Crippen LogP contribution in [0.2, 0.25) is 5.54 Å². The third-order valence-corrected chi connectivity index (χ3v) is 2.45. The van der Waals surface area contributed by atoms with E-state index in [1.807, 2.05) is 0 Å². The molecule has 2 radical (unpaired) electrons. The molecule has 0 atom stereocenters. The van der Waals surface area contributed by atoms with E-state index >= 15 is 0 Å². The molecule has 0 aromatic heterocycles. The molecule has 0 heterocycles. The molecule has 0 rings (SSSR count). The van der Waals surface area contributed by atoms with Gasteiger partial charge in [0, 0.05) is 0 Å². The first-order valence-corrected chi connectivity index (χ1v) is 4.29. The summed E-state index contributed by atoms with van der Waals surface area (Å²) in [6.45, 7) is 4.53. The molecule has 0 saturated carbocycles. The first-order valence-electron chi connectivity index (χ1n) is 3.01. The standard InChI is InChI=1S/C6H15NSi/c1-6(2)8-5-7(3)4/h6H,5H2,1-4H3. The zero-order chi connectivity index (χ0) is 6.57. The van der Waals surface area contributed by atoms with Gasteiger partial charge in [0.25, 0.3) is 0 Å². The Morgan fingerprint density at radius 1 is 1.38 bits per heavy atom. The summed E-state index contributed by atoms with van der Waals surface area (Å²) in [6, 6.07) is 0. The quantitative estimate of drug-likeness (QED) is 0.515. The van der Waals surface area contributed by atoms with Gasteiger partial charge in [-0.3, -0.25) is 0 Å². The van der Waals surface area contributed by atoms with Crippen LogP contribution in [0.1, 0.15) is 13.8 Å². The van der Waals surface area contributed by atoms with Crippen molar-refractivity contribution in [2.45, 2.75) is 19.4 Å². The second-order valence-electron chi connectivity index (χ2n) is 2.60. The lowest BCUT2D eigenvalue weighted by Crippen LogP contribution is -2.20. The van der Waals surface area contributed by atoms with Crippen molar-refractivity contribution in [3.63, 3.8) is 0 Å². The minimum Gasteiger partial charge on any atom is -0.313 e. The molecule has 0 aromatic carbocycles. The monoisotopic (exact) mass is 129 g/mol. The lowest BCUT2D eigenvalue weighted by atomic mass is 10.6. The number of hydrogen-bond acceptors (Lipinski definition) is 1. The molecule has 0 aliphatic carbocycles. The Labute approximate surface area is 54.9 Å². The van der Waals surface area contributed by atoms with Crippen molar-refractivity contribution in [1.29, 1.82) is 0 Å². The maximum Gasteiger partial charge on any atom is 0.0595 e. The van der Waals surface area contributed by atoms with Crippen LogP contribution >= 0.6 is 0 Å². The number of nitrogens with zero attached hydrogens (tertiary/aromatic N) is 1. The fourth-order valence-electron chi connectivity index (χ4n) is 0.365. The highest BCUT2D eigenvalue weighted by atomic mass is 28.2. The summed E-state index contributed by atoms with van der Waals surface area (Å²) in [7, 11) is 5.34. The van der Waals surface area contributed by atoms with Gasteiger partial charge in [-0.25, -0.2) is 0 Å². The summed E-state index contributed by atoms with van der Waals surface area (Å²) < 4.78 is 0. The molecule has 0 fully saturated rings. The van der Waals surface area contributed by atoms with Crippen molar-refractivity contribution in [3.05, 3.63) is 0 Å². The Kier molecular flexibility index (Phi) is 4.19. The van der Waals surface area contributed by atoms with Gasteiger partial charge in [0.15, 0.2) is 0 Å². The maximum absolute atomic E-state index is 2.27. The molecule has 0 amide bonds. The van der Waals surface area contributed by atoms with Crippen LogP contribution in [-0.2, 0) is 0 Å². The Morgan fingerprint density at radius 2 is 1.88 bits per heavy atom. The lowest BCUT2D eigenvalue weighted by Gasteiger charge is -2.09. The van der Waals surface area contributed by atoms with Crippen molar-refractivity contribution >= 4 is 9.52 Å². The van der Waals surface area contributed by atoms with E-state index in [1.165, 1.54) is 6.17 Å². The Morgan fingerprint density at radius 3 is 2.00 bits per heavy atom. The van der Waals surface area contributed by atoms with E-state index in [1.54, 1.807) is 0 Å². The highest BCUT2D eigenvalue weighted by molar-refractivity contribution is 6.37. The number of rotatable bonds is 3. The SMILES string of the molecule is CC(C)[Si]CN(C)C. The molecule has 0 aliphatic heterocycles. The van der Waals surface area contributed by atoms with Crippen LogP contribution in [0, 0.1) is 0 Å². The van der Waals surface area contributed by atoms with Crippen molar-refractivity contribution in [2.24, 2.45) is 0 Å². The van der Waals surface area contributed by atoms with Crippen molar-refractivity contribution in [3.8, 4) is 0 Å². The van der Waals surface area contributed by atoms with Gasteiger partial charge < -0.3 is 4.90 Å². The van der Waals surface area contributed by atoms with Gasteiger partial charge in [-0.2, -0.15) is 0 Å². The van der Waals surface area contributed by atoms with Crippen molar-refractivity contribution < 1.29 is 0 Å². The minimum atomic E-state index is 0.873. The molecule has 1 nitrogen and oxygen atoms in total. The van der Waals surface area contributed by atoms with Crippen LogP contribution in [-0.4, -0.2) is 34.7 Å². The van der Waals surface area contributed by atoms with E-state index in [4.69, 9.17) is 0 Å². The molecule has 0 unspecified atom stereocenters. The maximum atomic E-state index is 2.27. The lowest BCUT2D eigenvalue weighted by molar-refractivity contribution is 0.475. The molecule has 48 valence electrons. The van der Waals surface area contributed by atoms with E-state index in [0.717, 1.165) is 15.1 Å². The van der Waals surface area contributed by atoms with Crippen molar-refractivity contribution in [2.75, 3.05) is 20.3 Å². The summed E-state index contributed by atoms with van der Waals surface area (Å²) in [4.78, 5) is 2.23. The van der Waals surface area contributed by atoms with E-state index in [2.05, 4.69) is 32.8 Å². The zero-order valence-corrected chi connectivity index (χ0v) is 7.23. The smallest absolute Gasteiger partial charge is 0.0595 e. The summed E-state index contributed by atoms with van der Waals surface area (Å²) in [5, 5.41) is 0. The molecule has 0 spiro atoms. The fourth-order valence-corrected chi connectivity index (χ4v) is 1.10. The molecular formula is C6H15NSi. The van der Waals surface area contributed by atoms with Gasteiger partial charge in [0.1, 0.15) is 0 Å². The van der Waals surface area contributed by atoms with Gasteiger partial charge in [-0.05, 0) is 20.3 Å². The van der Waals surface area contributed by atoms with E-state index in [9.17, 15) is 0 Å². The van der Waals surface area contributed by atoms with Crippen LogP contribution in [0.15, 0.2) is 0 Å². The predicted molar refractivity (Wildman–Crippen MR) is 39.4 cm³/mol. The third kappa shape index (κ3) is 6.18. The second kappa shape index (κ2) is 4.10. The molecule has 0 aliphatic rings. The molecule has 0 aromatic rings. The van der Waals surface area contributed by atoms with E-state index in [-0.39, 0.29) is 0 Å². The molecule has 0 bridgehead atoms. The number of hydrogen-bond donors (Lipinski definition) is 0. The van der Waals surface area contributed by atoms with E-state index < -0.39 is 0 Å². The van der Waals surface area contributed by atoms with Crippen LogP contribution in [0.5, 0.6) is 0 Å². The highest BCUT2D eigenvalue weighted by Crippen LogP contribution is 1.95. The van der Waals surface area contributed by atoms with Crippen LogP contribution in [0.3, 0.4) is 0 Å². The van der Waals surface area contributed by atoms with Gasteiger partial charge in [-0.1, -0.05) is 19.4 Å². The van der Waals surface area contributed by atoms with Crippen LogP contribution in [0.25, 0.3) is 0 Å². The average molecular weight is 129 g/mol. The van der Waals surface area contributed by atoms with Gasteiger partial charge in [0.2, 0.25) is 0 Å². The molecular weight excluding hydrogens is 114 g/mol. The zero-order valence-electron chi connectivity index (χ0n) is 6.23. The first kappa shape index (κ1) is 8.18. The Hall–Kier alpha value is 0.177. The van der Waals surface area contributed by atoms with E-state index in [0.29, 0.717) is 0 Å². The Balaban J connectivity index is 2.93. The molecule has 0 saturated heterocycles.